The highest BCUT2D eigenvalue weighted by Gasteiger charge is 2.18. The molecule has 0 aliphatic carbocycles. The van der Waals surface area contributed by atoms with Crippen LogP contribution >= 0.6 is 0 Å². The zero-order valence-corrected chi connectivity index (χ0v) is 14.2. The molecule has 0 bridgehead atoms. The number of aryl methyl sites for hydroxylation is 1. The monoisotopic (exact) mass is 317 g/mol. The Morgan fingerprint density at radius 2 is 1.33 bits per heavy atom. The van der Waals surface area contributed by atoms with Crippen LogP contribution in [0, 0.1) is 0 Å². The van der Waals surface area contributed by atoms with E-state index in [0.29, 0.717) is 5.92 Å². The van der Waals surface area contributed by atoms with Crippen molar-refractivity contribution in [3.8, 4) is 0 Å². The summed E-state index contributed by atoms with van der Waals surface area (Å²) in [5.41, 5.74) is 10.1. The van der Waals surface area contributed by atoms with Crippen LogP contribution in [0.15, 0.2) is 85.1 Å². The molecule has 1 atom stereocenters. The first-order chi connectivity index (χ1) is 11.8. The maximum Gasteiger partial charge on any atom is 0.206 e. The molecule has 2 aromatic carbocycles. The molecule has 0 amide bonds. The number of nitrogens with zero attached hydrogens (tertiary/aromatic N) is 1. The molecule has 2 N–H and O–H groups in total. The molecule has 0 saturated carbocycles. The van der Waals surface area contributed by atoms with Crippen LogP contribution in [0.5, 0.6) is 0 Å². The molecule has 0 aliphatic rings. The van der Waals surface area contributed by atoms with Crippen molar-refractivity contribution in [3.05, 3.63) is 102 Å². The molecule has 2 heteroatoms. The van der Waals surface area contributed by atoms with Crippen LogP contribution in [-0.4, -0.2) is 0 Å². The van der Waals surface area contributed by atoms with Crippen molar-refractivity contribution in [2.45, 2.75) is 31.8 Å². The van der Waals surface area contributed by atoms with Crippen LogP contribution in [0.2, 0.25) is 0 Å². The Balaban J connectivity index is 1.86. The molecule has 0 spiro atoms. The smallest absolute Gasteiger partial charge is 0.206 e. The molecule has 1 unspecified atom stereocenters. The number of aromatic nitrogens is 1. The van der Waals surface area contributed by atoms with Gasteiger partial charge in [0.15, 0.2) is 11.9 Å². The average Bonchev–Trinajstić information content (AvgIpc) is 2.64. The van der Waals surface area contributed by atoms with Crippen molar-refractivity contribution in [3.63, 3.8) is 0 Å². The Labute approximate surface area is 144 Å². The predicted octanol–water partition coefficient (Wildman–Crippen LogP) is 4.22. The summed E-state index contributed by atoms with van der Waals surface area (Å²) in [4.78, 5) is 0. The van der Waals surface area contributed by atoms with E-state index in [2.05, 4.69) is 83.6 Å². The van der Waals surface area contributed by atoms with E-state index in [0.717, 1.165) is 12.8 Å². The maximum atomic E-state index is 6.11. The predicted molar refractivity (Wildman–Crippen MR) is 98.6 cm³/mol. The molecule has 0 radical (unpaired) electrons. The molecule has 122 valence electrons. The standard InChI is InChI=1S/C22H25N2/c1-18(23)24-17-9-8-14-21(24)15-16-22(19-10-4-2-5-11-19)20-12-6-3-7-13-20/h2-14,17-18,22H,15-16,23H2,1H3/q+1. The Kier molecular flexibility index (Phi) is 5.39. The summed E-state index contributed by atoms with van der Waals surface area (Å²) in [7, 11) is 0. The van der Waals surface area contributed by atoms with Crippen LogP contribution < -0.4 is 10.3 Å². The SMILES string of the molecule is CC(N)[n+]1ccccc1CCC(c1ccccc1)c1ccccc1. The third kappa shape index (κ3) is 3.90. The van der Waals surface area contributed by atoms with E-state index in [1.54, 1.807) is 0 Å². The van der Waals surface area contributed by atoms with Crippen LogP contribution in [-0.2, 0) is 6.42 Å². The summed E-state index contributed by atoms with van der Waals surface area (Å²) in [5, 5.41) is 0. The molecule has 3 aromatic rings. The van der Waals surface area contributed by atoms with Crippen molar-refractivity contribution in [1.82, 2.24) is 0 Å². The highest BCUT2D eigenvalue weighted by Crippen LogP contribution is 2.28. The highest BCUT2D eigenvalue weighted by atomic mass is 15.1. The van der Waals surface area contributed by atoms with E-state index in [9.17, 15) is 0 Å². The summed E-state index contributed by atoms with van der Waals surface area (Å²) in [5.74, 6) is 0.397. The Hall–Kier alpha value is -2.45. The van der Waals surface area contributed by atoms with Gasteiger partial charge in [-0.15, -0.1) is 0 Å². The summed E-state index contributed by atoms with van der Waals surface area (Å²) in [6, 6.07) is 27.8. The second-order valence-electron chi connectivity index (χ2n) is 6.25. The lowest BCUT2D eigenvalue weighted by molar-refractivity contribution is -0.725. The van der Waals surface area contributed by atoms with Gasteiger partial charge in [0.25, 0.3) is 0 Å². The first kappa shape index (κ1) is 16.4. The maximum absolute atomic E-state index is 6.11. The lowest BCUT2D eigenvalue weighted by Gasteiger charge is -2.18. The normalized spacial score (nSPS) is 12.3. The van der Waals surface area contributed by atoms with E-state index < -0.39 is 0 Å². The van der Waals surface area contributed by atoms with E-state index in [-0.39, 0.29) is 6.17 Å². The molecule has 0 aliphatic heterocycles. The van der Waals surface area contributed by atoms with Gasteiger partial charge >= 0.3 is 0 Å². The first-order valence-corrected chi connectivity index (χ1v) is 8.60. The van der Waals surface area contributed by atoms with Crippen molar-refractivity contribution in [2.24, 2.45) is 5.73 Å². The first-order valence-electron chi connectivity index (χ1n) is 8.60. The number of nitrogens with two attached hydrogens (primary N) is 1. The van der Waals surface area contributed by atoms with E-state index in [1.807, 2.05) is 13.0 Å². The van der Waals surface area contributed by atoms with Crippen molar-refractivity contribution >= 4 is 0 Å². The zero-order valence-electron chi connectivity index (χ0n) is 14.2. The summed E-state index contributed by atoms with van der Waals surface area (Å²) in [6.45, 7) is 2.02. The molecule has 1 heterocycles. The number of pyridine rings is 1. The quantitative estimate of drug-likeness (QED) is 0.678. The van der Waals surface area contributed by atoms with Crippen LogP contribution in [0.25, 0.3) is 0 Å². The minimum absolute atomic E-state index is 0.00639. The van der Waals surface area contributed by atoms with Gasteiger partial charge in [0.05, 0.1) is 0 Å². The molecule has 2 nitrogen and oxygen atoms in total. The molecule has 24 heavy (non-hydrogen) atoms. The Morgan fingerprint density at radius 3 is 1.88 bits per heavy atom. The van der Waals surface area contributed by atoms with E-state index >= 15 is 0 Å². The minimum Gasteiger partial charge on any atom is -0.273 e. The fraction of sp³-hybridized carbons (Fsp3) is 0.227. The van der Waals surface area contributed by atoms with Gasteiger partial charge < -0.3 is 0 Å². The fourth-order valence-corrected chi connectivity index (χ4v) is 3.29. The summed E-state index contributed by atoms with van der Waals surface area (Å²) >= 11 is 0. The van der Waals surface area contributed by atoms with Crippen molar-refractivity contribution in [1.29, 1.82) is 0 Å². The van der Waals surface area contributed by atoms with Gasteiger partial charge in [-0.1, -0.05) is 66.7 Å². The number of hydrogen-bond donors (Lipinski definition) is 1. The summed E-state index contributed by atoms with van der Waals surface area (Å²) < 4.78 is 2.16. The minimum atomic E-state index is -0.00639. The number of rotatable bonds is 6. The molecule has 0 saturated heterocycles. The van der Waals surface area contributed by atoms with Gasteiger partial charge in [-0.2, -0.15) is 4.57 Å². The van der Waals surface area contributed by atoms with Crippen molar-refractivity contribution in [2.75, 3.05) is 0 Å². The second kappa shape index (κ2) is 7.89. The fourth-order valence-electron chi connectivity index (χ4n) is 3.29. The van der Waals surface area contributed by atoms with Gasteiger partial charge in [-0.25, -0.2) is 0 Å². The molecule has 1 aromatic heterocycles. The third-order valence-electron chi connectivity index (χ3n) is 4.51. The van der Waals surface area contributed by atoms with Gasteiger partial charge in [0.1, 0.15) is 0 Å². The third-order valence-corrected chi connectivity index (χ3v) is 4.51. The van der Waals surface area contributed by atoms with Gasteiger partial charge in [0, 0.05) is 31.4 Å². The topological polar surface area (TPSA) is 29.9 Å². The number of benzene rings is 2. The van der Waals surface area contributed by atoms with Crippen molar-refractivity contribution < 1.29 is 4.57 Å². The molecule has 0 fully saturated rings. The highest BCUT2D eigenvalue weighted by molar-refractivity contribution is 5.32. The van der Waals surface area contributed by atoms with Crippen LogP contribution in [0.4, 0.5) is 0 Å². The molecular weight excluding hydrogens is 292 g/mol. The van der Waals surface area contributed by atoms with E-state index in [4.69, 9.17) is 5.73 Å². The van der Waals surface area contributed by atoms with Gasteiger partial charge in [-0.3, -0.25) is 5.73 Å². The Morgan fingerprint density at radius 1 is 0.792 bits per heavy atom. The average molecular weight is 317 g/mol. The lowest BCUT2D eigenvalue weighted by atomic mass is 9.87. The van der Waals surface area contributed by atoms with Crippen LogP contribution in [0.1, 0.15) is 42.2 Å². The van der Waals surface area contributed by atoms with Gasteiger partial charge in [-0.05, 0) is 17.5 Å². The lowest BCUT2D eigenvalue weighted by Crippen LogP contribution is -2.46. The largest absolute Gasteiger partial charge is 0.273 e. The second-order valence-corrected chi connectivity index (χ2v) is 6.25. The number of hydrogen-bond acceptors (Lipinski definition) is 1. The molecular formula is C22H25N2+. The molecule has 3 rings (SSSR count). The summed E-state index contributed by atoms with van der Waals surface area (Å²) in [6.07, 6.45) is 4.12. The van der Waals surface area contributed by atoms with E-state index in [1.165, 1.54) is 16.8 Å². The Bertz CT molecular complexity index is 712. The van der Waals surface area contributed by atoms with Crippen LogP contribution in [0.3, 0.4) is 0 Å². The zero-order chi connectivity index (χ0) is 16.8. The van der Waals surface area contributed by atoms with Gasteiger partial charge in [0.2, 0.25) is 6.17 Å².